The second-order valence-electron chi connectivity index (χ2n) is 9.15. The van der Waals surface area contributed by atoms with Crippen LogP contribution in [0.15, 0.2) is 81.8 Å². The van der Waals surface area contributed by atoms with Crippen LogP contribution in [-0.2, 0) is 6.54 Å². The third kappa shape index (κ3) is 7.55. The number of allylic oxidation sites excluding steroid dienone is 2. The molecular formula is C30H31Br2N3O2. The van der Waals surface area contributed by atoms with Crippen LogP contribution in [0.1, 0.15) is 60.5 Å². The van der Waals surface area contributed by atoms with E-state index in [2.05, 4.69) is 60.7 Å². The summed E-state index contributed by atoms with van der Waals surface area (Å²) in [7, 11) is 0. The molecule has 0 saturated carbocycles. The fourth-order valence-electron chi connectivity index (χ4n) is 4.34. The van der Waals surface area contributed by atoms with Crippen LogP contribution >= 0.6 is 31.9 Å². The van der Waals surface area contributed by atoms with E-state index in [4.69, 9.17) is 0 Å². The van der Waals surface area contributed by atoms with E-state index in [0.717, 1.165) is 39.5 Å². The molecule has 3 aromatic rings. The predicted molar refractivity (Wildman–Crippen MR) is 159 cm³/mol. The molecule has 1 aliphatic rings. The Morgan fingerprint density at radius 2 is 1.62 bits per heavy atom. The minimum Gasteiger partial charge on any atom is -0.352 e. The van der Waals surface area contributed by atoms with Crippen molar-refractivity contribution in [3.63, 3.8) is 0 Å². The molecule has 0 radical (unpaired) electrons. The van der Waals surface area contributed by atoms with E-state index in [-0.39, 0.29) is 11.9 Å². The second-order valence-corrected chi connectivity index (χ2v) is 11.0. The van der Waals surface area contributed by atoms with Crippen LogP contribution < -0.4 is 15.5 Å². The molecule has 0 bridgehead atoms. The summed E-state index contributed by atoms with van der Waals surface area (Å²) in [6, 6.07) is 21.0. The molecule has 3 amide bonds. The molecule has 0 fully saturated rings. The lowest BCUT2D eigenvalue weighted by atomic mass is 9.93. The Balaban J connectivity index is 1.58. The topological polar surface area (TPSA) is 61.4 Å². The standard InChI is InChI=1S/C30H31Br2N3O2/c1-2-16-33-29(36)24-10-8-21(9-11-24)20-35(30(37)34-27-18-25(31)17-26(32)19-27)28-14-12-23(13-15-28)22-6-4-3-5-7-22/h6,8-15,17-19H,2-5,7,16,20H2,1H3,(H,33,36)(H,34,37). The van der Waals surface area contributed by atoms with Crippen LogP contribution in [-0.4, -0.2) is 18.5 Å². The van der Waals surface area contributed by atoms with Gasteiger partial charge in [0.2, 0.25) is 0 Å². The van der Waals surface area contributed by atoms with Crippen molar-refractivity contribution in [3.05, 3.63) is 98.4 Å². The van der Waals surface area contributed by atoms with Crippen molar-refractivity contribution >= 4 is 60.7 Å². The number of rotatable bonds is 8. The summed E-state index contributed by atoms with van der Waals surface area (Å²) in [4.78, 5) is 27.5. The quantitative estimate of drug-likeness (QED) is 0.264. The van der Waals surface area contributed by atoms with Crippen molar-refractivity contribution in [1.82, 2.24) is 5.32 Å². The minimum atomic E-state index is -0.237. The van der Waals surface area contributed by atoms with Crippen LogP contribution in [0.2, 0.25) is 0 Å². The van der Waals surface area contributed by atoms with Gasteiger partial charge in [-0.3, -0.25) is 9.69 Å². The molecule has 0 saturated heterocycles. The first-order valence-corrected chi connectivity index (χ1v) is 14.2. The van der Waals surface area contributed by atoms with E-state index in [9.17, 15) is 9.59 Å². The highest BCUT2D eigenvalue weighted by molar-refractivity contribution is 9.11. The van der Waals surface area contributed by atoms with Gasteiger partial charge in [-0.05, 0) is 91.3 Å². The maximum atomic E-state index is 13.5. The molecule has 3 aromatic carbocycles. The first kappa shape index (κ1) is 27.1. The first-order valence-electron chi connectivity index (χ1n) is 12.6. The van der Waals surface area contributed by atoms with Crippen molar-refractivity contribution in [2.75, 3.05) is 16.8 Å². The molecule has 0 aliphatic heterocycles. The lowest BCUT2D eigenvalue weighted by molar-refractivity contribution is 0.0953. The Morgan fingerprint density at radius 1 is 0.919 bits per heavy atom. The summed E-state index contributed by atoms with van der Waals surface area (Å²) in [5, 5.41) is 5.92. The predicted octanol–water partition coefficient (Wildman–Crippen LogP) is 8.55. The number of hydrogen-bond acceptors (Lipinski definition) is 2. The largest absolute Gasteiger partial charge is 0.352 e. The molecule has 0 atom stereocenters. The maximum absolute atomic E-state index is 13.5. The van der Waals surface area contributed by atoms with Crippen molar-refractivity contribution in [2.24, 2.45) is 0 Å². The number of hydrogen-bond donors (Lipinski definition) is 2. The van der Waals surface area contributed by atoms with E-state index in [0.29, 0.717) is 24.3 Å². The van der Waals surface area contributed by atoms with E-state index >= 15 is 0 Å². The van der Waals surface area contributed by atoms with Crippen LogP contribution in [0.5, 0.6) is 0 Å². The lowest BCUT2D eigenvalue weighted by Crippen LogP contribution is -2.34. The van der Waals surface area contributed by atoms with Crippen LogP contribution in [0, 0.1) is 0 Å². The average molecular weight is 625 g/mol. The van der Waals surface area contributed by atoms with Gasteiger partial charge in [-0.2, -0.15) is 0 Å². The van der Waals surface area contributed by atoms with Crippen molar-refractivity contribution in [2.45, 2.75) is 45.6 Å². The molecular weight excluding hydrogens is 594 g/mol. The Labute approximate surface area is 235 Å². The Kier molecular flexibility index (Phi) is 9.58. The van der Waals surface area contributed by atoms with Gasteiger partial charge in [0.15, 0.2) is 0 Å². The van der Waals surface area contributed by atoms with Crippen molar-refractivity contribution in [3.8, 4) is 0 Å². The number of benzene rings is 3. The van der Waals surface area contributed by atoms with Gasteiger partial charge >= 0.3 is 6.03 Å². The Morgan fingerprint density at radius 3 is 2.24 bits per heavy atom. The van der Waals surface area contributed by atoms with Gasteiger partial charge in [0.25, 0.3) is 5.91 Å². The molecule has 2 N–H and O–H groups in total. The summed E-state index contributed by atoms with van der Waals surface area (Å²) in [6.07, 6.45) is 7.90. The summed E-state index contributed by atoms with van der Waals surface area (Å²) in [5.41, 5.74) is 5.61. The highest BCUT2D eigenvalue weighted by atomic mass is 79.9. The van der Waals surface area contributed by atoms with Gasteiger partial charge in [0.1, 0.15) is 0 Å². The highest BCUT2D eigenvalue weighted by Crippen LogP contribution is 2.29. The van der Waals surface area contributed by atoms with Crippen LogP contribution in [0.4, 0.5) is 16.2 Å². The van der Waals surface area contributed by atoms with Crippen molar-refractivity contribution < 1.29 is 9.59 Å². The Hall–Kier alpha value is -2.90. The van der Waals surface area contributed by atoms with E-state index < -0.39 is 0 Å². The Bertz CT molecular complexity index is 1250. The molecule has 5 nitrogen and oxygen atoms in total. The van der Waals surface area contributed by atoms with Crippen LogP contribution in [0.3, 0.4) is 0 Å². The molecule has 1 aliphatic carbocycles. The summed E-state index contributed by atoms with van der Waals surface area (Å²) < 4.78 is 1.73. The number of carbonyl (C=O) groups excluding carboxylic acids is 2. The molecule has 192 valence electrons. The number of amides is 3. The SMILES string of the molecule is CCCNC(=O)c1ccc(CN(C(=O)Nc2cc(Br)cc(Br)c2)c2ccc(C3=CCCCC3)cc2)cc1. The smallest absolute Gasteiger partial charge is 0.326 e. The van der Waals surface area contributed by atoms with Crippen molar-refractivity contribution in [1.29, 1.82) is 0 Å². The number of carbonyl (C=O) groups is 2. The van der Waals surface area contributed by atoms with E-state index in [1.54, 1.807) is 17.0 Å². The molecule has 0 heterocycles. The number of nitrogens with one attached hydrogen (secondary N) is 2. The van der Waals surface area contributed by atoms with Crippen LogP contribution in [0.25, 0.3) is 5.57 Å². The molecule has 7 heteroatoms. The monoisotopic (exact) mass is 623 g/mol. The molecule has 0 aromatic heterocycles. The number of anilines is 2. The number of nitrogens with zero attached hydrogens (tertiary/aromatic N) is 1. The normalized spacial score (nSPS) is 13.0. The molecule has 4 rings (SSSR count). The van der Waals surface area contributed by atoms with Gasteiger partial charge < -0.3 is 10.6 Å². The number of halogens is 2. The zero-order chi connectivity index (χ0) is 26.2. The zero-order valence-corrected chi connectivity index (χ0v) is 24.1. The van der Waals surface area contributed by atoms with E-state index in [1.165, 1.54) is 24.0 Å². The molecule has 0 unspecified atom stereocenters. The third-order valence-corrected chi connectivity index (χ3v) is 7.21. The second kappa shape index (κ2) is 13.1. The number of urea groups is 1. The summed E-state index contributed by atoms with van der Waals surface area (Å²) >= 11 is 6.97. The minimum absolute atomic E-state index is 0.0872. The first-order chi connectivity index (χ1) is 17.9. The van der Waals surface area contributed by atoms with Gasteiger partial charge in [0.05, 0.1) is 6.54 Å². The van der Waals surface area contributed by atoms with Gasteiger partial charge in [-0.15, -0.1) is 0 Å². The molecule has 0 spiro atoms. The maximum Gasteiger partial charge on any atom is 0.326 e. The fraction of sp³-hybridized carbons (Fsp3) is 0.267. The van der Waals surface area contributed by atoms with E-state index in [1.807, 2.05) is 49.4 Å². The van der Waals surface area contributed by atoms with Gasteiger partial charge in [-0.1, -0.05) is 69.1 Å². The lowest BCUT2D eigenvalue weighted by Gasteiger charge is -2.24. The summed E-state index contributed by atoms with van der Waals surface area (Å²) in [5.74, 6) is -0.0872. The summed E-state index contributed by atoms with van der Waals surface area (Å²) in [6.45, 7) is 3.03. The van der Waals surface area contributed by atoms with Gasteiger partial charge in [0, 0.05) is 32.4 Å². The average Bonchev–Trinajstić information content (AvgIpc) is 2.90. The third-order valence-electron chi connectivity index (χ3n) is 6.29. The van der Waals surface area contributed by atoms with Gasteiger partial charge in [-0.25, -0.2) is 4.79 Å². The zero-order valence-electron chi connectivity index (χ0n) is 20.9. The highest BCUT2D eigenvalue weighted by Gasteiger charge is 2.18. The molecule has 37 heavy (non-hydrogen) atoms. The fourth-order valence-corrected chi connectivity index (χ4v) is 5.63.